The van der Waals surface area contributed by atoms with Crippen molar-refractivity contribution in [2.75, 3.05) is 31.6 Å². The predicted molar refractivity (Wildman–Crippen MR) is 114 cm³/mol. The Kier molecular flexibility index (Phi) is 4.44. The van der Waals surface area contributed by atoms with Gasteiger partial charge in [0.15, 0.2) is 0 Å². The summed E-state index contributed by atoms with van der Waals surface area (Å²) in [5, 5.41) is 14.3. The van der Waals surface area contributed by atoms with E-state index in [2.05, 4.69) is 33.3 Å². The highest BCUT2D eigenvalue weighted by Crippen LogP contribution is 2.44. The first-order chi connectivity index (χ1) is 14.7. The van der Waals surface area contributed by atoms with Gasteiger partial charge in [-0.15, -0.1) is 0 Å². The molecule has 2 fully saturated rings. The van der Waals surface area contributed by atoms with Gasteiger partial charge in [-0.25, -0.2) is 0 Å². The van der Waals surface area contributed by atoms with E-state index in [-0.39, 0.29) is 12.1 Å². The Morgan fingerprint density at radius 2 is 1.87 bits per heavy atom. The van der Waals surface area contributed by atoms with Gasteiger partial charge in [0, 0.05) is 49.9 Å². The number of aliphatic hydroxyl groups is 1. The molecule has 4 aliphatic rings. The lowest BCUT2D eigenvalue weighted by Gasteiger charge is -2.38. The standard InChI is InChI=1S/C23H29N5O2/c1-30-23-25-19-13-27(20-10-21(29)17-5-3-2-4-16(17)20)9-8-18(19)22(26-23)28-11-14-6-7-15(12-28)24-14/h2-5,14-15,20-21,24,29H,6-13H2,1H3. The third-order valence-electron chi connectivity index (χ3n) is 7.35. The maximum atomic E-state index is 10.5. The van der Waals surface area contributed by atoms with Crippen molar-refractivity contribution in [1.29, 1.82) is 0 Å². The maximum absolute atomic E-state index is 10.5. The van der Waals surface area contributed by atoms with Gasteiger partial charge in [0.05, 0.1) is 18.9 Å². The summed E-state index contributed by atoms with van der Waals surface area (Å²) < 4.78 is 5.49. The summed E-state index contributed by atoms with van der Waals surface area (Å²) in [5.41, 5.74) is 4.69. The highest BCUT2D eigenvalue weighted by atomic mass is 16.5. The van der Waals surface area contributed by atoms with E-state index in [0.29, 0.717) is 18.1 Å². The first kappa shape index (κ1) is 18.5. The lowest BCUT2D eigenvalue weighted by Crippen LogP contribution is -2.52. The highest BCUT2D eigenvalue weighted by molar-refractivity contribution is 5.52. The van der Waals surface area contributed by atoms with Crippen molar-refractivity contribution < 1.29 is 9.84 Å². The summed E-state index contributed by atoms with van der Waals surface area (Å²) in [6.07, 6.45) is 3.82. The van der Waals surface area contributed by atoms with Crippen LogP contribution in [0.4, 0.5) is 5.82 Å². The van der Waals surface area contributed by atoms with Crippen LogP contribution in [0.5, 0.6) is 6.01 Å². The van der Waals surface area contributed by atoms with Crippen molar-refractivity contribution in [2.45, 2.75) is 56.5 Å². The minimum absolute atomic E-state index is 0.240. The second-order valence-electron chi connectivity index (χ2n) is 9.12. The van der Waals surface area contributed by atoms with Crippen LogP contribution in [0.2, 0.25) is 0 Å². The molecule has 0 spiro atoms. The van der Waals surface area contributed by atoms with Crippen LogP contribution in [-0.4, -0.2) is 58.8 Å². The summed E-state index contributed by atoms with van der Waals surface area (Å²) >= 11 is 0. The number of aromatic nitrogens is 2. The third-order valence-corrected chi connectivity index (χ3v) is 7.35. The van der Waals surface area contributed by atoms with Crippen LogP contribution in [0.25, 0.3) is 0 Å². The highest BCUT2D eigenvalue weighted by Gasteiger charge is 2.38. The fraction of sp³-hybridized carbons (Fsp3) is 0.565. The van der Waals surface area contributed by atoms with Gasteiger partial charge in [0.1, 0.15) is 5.82 Å². The van der Waals surface area contributed by atoms with Gasteiger partial charge in [0.2, 0.25) is 0 Å². The molecule has 2 aromatic rings. The van der Waals surface area contributed by atoms with E-state index in [1.54, 1.807) is 7.11 Å². The second kappa shape index (κ2) is 7.18. The summed E-state index contributed by atoms with van der Waals surface area (Å²) in [5.74, 6) is 1.07. The van der Waals surface area contributed by atoms with Crippen molar-refractivity contribution in [3.8, 4) is 6.01 Å². The number of hydrogen-bond acceptors (Lipinski definition) is 7. The first-order valence-electron chi connectivity index (χ1n) is 11.2. The Hall–Kier alpha value is -2.22. The third kappa shape index (κ3) is 2.99. The Bertz CT molecular complexity index is 955. The fourth-order valence-corrected chi connectivity index (χ4v) is 5.93. The van der Waals surface area contributed by atoms with Crippen molar-refractivity contribution in [3.63, 3.8) is 0 Å². The van der Waals surface area contributed by atoms with E-state index in [1.165, 1.54) is 24.0 Å². The maximum Gasteiger partial charge on any atom is 0.318 e. The molecule has 1 aromatic carbocycles. The largest absolute Gasteiger partial charge is 0.467 e. The monoisotopic (exact) mass is 407 g/mol. The van der Waals surface area contributed by atoms with Gasteiger partial charge in [-0.05, 0) is 36.8 Å². The molecular weight excluding hydrogens is 378 g/mol. The Morgan fingerprint density at radius 3 is 2.63 bits per heavy atom. The number of methoxy groups -OCH3 is 1. The number of nitrogens with zero attached hydrogens (tertiary/aromatic N) is 4. The van der Waals surface area contributed by atoms with Crippen molar-refractivity contribution in [3.05, 3.63) is 46.6 Å². The summed E-state index contributed by atoms with van der Waals surface area (Å²) in [4.78, 5) is 14.5. The molecule has 2 bridgehead atoms. The number of piperazine rings is 1. The molecule has 158 valence electrons. The van der Waals surface area contributed by atoms with Crippen molar-refractivity contribution >= 4 is 5.82 Å². The Balaban J connectivity index is 1.32. The van der Waals surface area contributed by atoms with Crippen LogP contribution in [0.3, 0.4) is 0 Å². The Labute approximate surface area is 177 Å². The van der Waals surface area contributed by atoms with E-state index < -0.39 is 0 Å². The summed E-state index contributed by atoms with van der Waals surface area (Å²) in [7, 11) is 1.65. The van der Waals surface area contributed by atoms with Crippen LogP contribution in [-0.2, 0) is 13.0 Å². The van der Waals surface area contributed by atoms with E-state index >= 15 is 0 Å². The SMILES string of the molecule is COc1nc2c(c(N3CC4CCC(C3)N4)n1)CCN(C1CC(O)c3ccccc31)C2. The van der Waals surface area contributed by atoms with E-state index in [1.807, 2.05) is 6.07 Å². The molecule has 0 amide bonds. The summed E-state index contributed by atoms with van der Waals surface area (Å²) in [6, 6.07) is 10.1. The lowest BCUT2D eigenvalue weighted by atomic mass is 10.00. The molecule has 2 N–H and O–H groups in total. The van der Waals surface area contributed by atoms with E-state index in [0.717, 1.165) is 56.1 Å². The van der Waals surface area contributed by atoms with Crippen molar-refractivity contribution in [2.24, 2.45) is 0 Å². The number of ether oxygens (including phenoxy) is 1. The summed E-state index contributed by atoms with van der Waals surface area (Å²) in [6.45, 7) is 3.75. The number of aliphatic hydroxyl groups excluding tert-OH is 1. The first-order valence-corrected chi connectivity index (χ1v) is 11.2. The normalized spacial score (nSPS) is 30.3. The molecule has 1 aliphatic carbocycles. The molecule has 3 aliphatic heterocycles. The quantitative estimate of drug-likeness (QED) is 0.806. The molecule has 4 unspecified atom stereocenters. The van der Waals surface area contributed by atoms with Crippen LogP contribution in [0.15, 0.2) is 24.3 Å². The molecular formula is C23H29N5O2. The molecule has 6 rings (SSSR count). The molecule has 7 nitrogen and oxygen atoms in total. The minimum Gasteiger partial charge on any atom is -0.467 e. The van der Waals surface area contributed by atoms with Gasteiger partial charge in [-0.1, -0.05) is 24.3 Å². The van der Waals surface area contributed by atoms with Crippen LogP contribution < -0.4 is 15.0 Å². The van der Waals surface area contributed by atoms with Gasteiger partial charge < -0.3 is 20.1 Å². The van der Waals surface area contributed by atoms with Gasteiger partial charge >= 0.3 is 6.01 Å². The van der Waals surface area contributed by atoms with Gasteiger partial charge in [-0.2, -0.15) is 9.97 Å². The molecule has 7 heteroatoms. The fourth-order valence-electron chi connectivity index (χ4n) is 5.93. The number of rotatable bonds is 3. The molecule has 4 atom stereocenters. The minimum atomic E-state index is -0.376. The molecule has 0 saturated carbocycles. The van der Waals surface area contributed by atoms with Crippen LogP contribution >= 0.6 is 0 Å². The molecule has 0 radical (unpaired) electrons. The average Bonchev–Trinajstić information content (AvgIpc) is 3.30. The van der Waals surface area contributed by atoms with Crippen LogP contribution in [0, 0.1) is 0 Å². The Morgan fingerprint density at radius 1 is 1.10 bits per heavy atom. The average molecular weight is 408 g/mol. The zero-order chi connectivity index (χ0) is 20.2. The zero-order valence-corrected chi connectivity index (χ0v) is 17.4. The molecule has 30 heavy (non-hydrogen) atoms. The predicted octanol–water partition coefficient (Wildman–Crippen LogP) is 1.96. The smallest absolute Gasteiger partial charge is 0.318 e. The van der Waals surface area contributed by atoms with Gasteiger partial charge in [0.25, 0.3) is 0 Å². The van der Waals surface area contributed by atoms with Crippen LogP contribution in [0.1, 0.15) is 53.8 Å². The lowest BCUT2D eigenvalue weighted by molar-refractivity contribution is 0.115. The van der Waals surface area contributed by atoms with E-state index in [9.17, 15) is 5.11 Å². The molecule has 4 heterocycles. The topological polar surface area (TPSA) is 73.8 Å². The number of nitrogens with one attached hydrogen (secondary N) is 1. The number of benzene rings is 1. The number of anilines is 1. The van der Waals surface area contributed by atoms with Crippen molar-refractivity contribution in [1.82, 2.24) is 20.2 Å². The number of hydrogen-bond donors (Lipinski definition) is 2. The van der Waals surface area contributed by atoms with Gasteiger partial charge in [-0.3, -0.25) is 4.90 Å². The molecule has 1 aromatic heterocycles. The molecule has 2 saturated heterocycles. The number of fused-ring (bicyclic) bond motifs is 4. The second-order valence-corrected chi connectivity index (χ2v) is 9.12. The zero-order valence-electron chi connectivity index (χ0n) is 17.4. The van der Waals surface area contributed by atoms with E-state index in [4.69, 9.17) is 14.7 Å².